The highest BCUT2D eigenvalue weighted by molar-refractivity contribution is 8.01. The highest BCUT2D eigenvalue weighted by Crippen LogP contribution is 2.18. The molecule has 0 aromatic carbocycles. The number of thioether (sulfide) groups is 1. The average molecular weight is 285 g/mol. The molecule has 0 saturated carbocycles. The number of amides is 2. The van der Waals surface area contributed by atoms with E-state index in [0.717, 1.165) is 0 Å². The standard InChI is InChI=1S/C9H7N3O2S3/c13-7(4-16-9-12-10-5-17-9)11-8(14)6-2-1-3-15-6/h1-3,5H,4H2,(H,11,13,14). The zero-order valence-electron chi connectivity index (χ0n) is 8.45. The Hall–Kier alpha value is -1.25. The van der Waals surface area contributed by atoms with Gasteiger partial charge in [0.15, 0.2) is 4.34 Å². The summed E-state index contributed by atoms with van der Waals surface area (Å²) in [6.45, 7) is 0. The van der Waals surface area contributed by atoms with Crippen LogP contribution in [0.4, 0.5) is 0 Å². The Balaban J connectivity index is 1.80. The molecular formula is C9H7N3O2S3. The van der Waals surface area contributed by atoms with E-state index >= 15 is 0 Å². The van der Waals surface area contributed by atoms with E-state index in [1.54, 1.807) is 23.0 Å². The van der Waals surface area contributed by atoms with Crippen LogP contribution in [0.15, 0.2) is 27.4 Å². The van der Waals surface area contributed by atoms with Gasteiger partial charge >= 0.3 is 0 Å². The number of nitrogens with zero attached hydrogens (tertiary/aromatic N) is 2. The van der Waals surface area contributed by atoms with Gasteiger partial charge in [-0.25, -0.2) is 0 Å². The van der Waals surface area contributed by atoms with Crippen LogP contribution in [0.1, 0.15) is 9.67 Å². The van der Waals surface area contributed by atoms with Gasteiger partial charge in [0.2, 0.25) is 5.91 Å². The highest BCUT2D eigenvalue weighted by atomic mass is 32.2. The van der Waals surface area contributed by atoms with E-state index in [4.69, 9.17) is 0 Å². The maximum Gasteiger partial charge on any atom is 0.267 e. The predicted molar refractivity (Wildman–Crippen MR) is 67.4 cm³/mol. The average Bonchev–Trinajstić information content (AvgIpc) is 2.99. The summed E-state index contributed by atoms with van der Waals surface area (Å²) in [5, 5.41) is 11.5. The molecular weight excluding hydrogens is 278 g/mol. The minimum Gasteiger partial charge on any atom is -0.291 e. The second-order valence-corrected chi connectivity index (χ2v) is 5.85. The van der Waals surface area contributed by atoms with Crippen LogP contribution >= 0.6 is 34.4 Å². The molecule has 2 amide bonds. The third-order valence-electron chi connectivity index (χ3n) is 1.66. The number of aromatic nitrogens is 2. The topological polar surface area (TPSA) is 72.0 Å². The fourth-order valence-electron chi connectivity index (χ4n) is 0.985. The third-order valence-corrected chi connectivity index (χ3v) is 4.39. The van der Waals surface area contributed by atoms with E-state index in [0.29, 0.717) is 9.22 Å². The molecule has 8 heteroatoms. The molecule has 2 aromatic rings. The first-order chi connectivity index (χ1) is 8.25. The lowest BCUT2D eigenvalue weighted by Crippen LogP contribution is -2.31. The van der Waals surface area contributed by atoms with Gasteiger partial charge in [0.25, 0.3) is 5.91 Å². The van der Waals surface area contributed by atoms with Gasteiger partial charge in [-0.2, -0.15) is 0 Å². The maximum atomic E-state index is 11.5. The van der Waals surface area contributed by atoms with E-state index in [-0.39, 0.29) is 17.6 Å². The summed E-state index contributed by atoms with van der Waals surface area (Å²) in [4.78, 5) is 23.5. The number of thiophene rings is 1. The lowest BCUT2D eigenvalue weighted by atomic mass is 10.4. The van der Waals surface area contributed by atoms with Crippen LogP contribution in [-0.2, 0) is 4.79 Å². The van der Waals surface area contributed by atoms with Crippen molar-refractivity contribution >= 4 is 46.2 Å². The van der Waals surface area contributed by atoms with Crippen LogP contribution < -0.4 is 5.32 Å². The Bertz CT molecular complexity index is 496. The lowest BCUT2D eigenvalue weighted by molar-refractivity contribution is -0.117. The van der Waals surface area contributed by atoms with Crippen molar-refractivity contribution in [3.8, 4) is 0 Å². The summed E-state index contributed by atoms with van der Waals surface area (Å²) < 4.78 is 0.712. The van der Waals surface area contributed by atoms with Crippen molar-refractivity contribution in [1.82, 2.24) is 15.5 Å². The second-order valence-electron chi connectivity index (χ2n) is 2.85. The molecule has 0 bridgehead atoms. The van der Waals surface area contributed by atoms with Gasteiger partial charge in [-0.05, 0) is 11.4 Å². The number of imide groups is 1. The summed E-state index contributed by atoms with van der Waals surface area (Å²) in [7, 11) is 0. The van der Waals surface area contributed by atoms with Crippen molar-refractivity contribution in [2.24, 2.45) is 0 Å². The normalized spacial score (nSPS) is 10.1. The second kappa shape index (κ2) is 5.89. The van der Waals surface area contributed by atoms with Crippen molar-refractivity contribution in [2.45, 2.75) is 4.34 Å². The molecule has 0 aliphatic heterocycles. The van der Waals surface area contributed by atoms with E-state index in [1.807, 2.05) is 0 Å². The van der Waals surface area contributed by atoms with Gasteiger partial charge in [0, 0.05) is 0 Å². The number of hydrogen-bond acceptors (Lipinski definition) is 7. The molecule has 2 rings (SSSR count). The van der Waals surface area contributed by atoms with Gasteiger partial charge < -0.3 is 0 Å². The molecule has 0 radical (unpaired) electrons. The van der Waals surface area contributed by atoms with Crippen LogP contribution in [0.5, 0.6) is 0 Å². The molecule has 1 N–H and O–H groups in total. The molecule has 0 saturated heterocycles. The molecule has 5 nitrogen and oxygen atoms in total. The van der Waals surface area contributed by atoms with Crippen molar-refractivity contribution < 1.29 is 9.59 Å². The molecule has 0 unspecified atom stereocenters. The van der Waals surface area contributed by atoms with Gasteiger partial charge in [0.05, 0.1) is 10.6 Å². The van der Waals surface area contributed by atoms with Gasteiger partial charge in [-0.3, -0.25) is 14.9 Å². The quantitative estimate of drug-likeness (QED) is 0.865. The van der Waals surface area contributed by atoms with Crippen molar-refractivity contribution in [3.63, 3.8) is 0 Å². The third kappa shape index (κ3) is 3.62. The zero-order chi connectivity index (χ0) is 12.1. The van der Waals surface area contributed by atoms with E-state index in [1.165, 1.54) is 34.4 Å². The van der Waals surface area contributed by atoms with E-state index < -0.39 is 0 Å². The monoisotopic (exact) mass is 285 g/mol. The predicted octanol–water partition coefficient (Wildman–Crippen LogP) is 1.65. The summed E-state index contributed by atoms with van der Waals surface area (Å²) in [5.74, 6) is -0.529. The molecule has 88 valence electrons. The Morgan fingerprint density at radius 2 is 2.29 bits per heavy atom. The van der Waals surface area contributed by atoms with Crippen LogP contribution in [0, 0.1) is 0 Å². The molecule has 0 fully saturated rings. The Kier molecular flexibility index (Phi) is 4.24. The summed E-state index contributed by atoms with van der Waals surface area (Å²) >= 11 is 3.92. The SMILES string of the molecule is O=C(CSc1nncs1)NC(=O)c1cccs1. The Morgan fingerprint density at radius 1 is 1.41 bits per heavy atom. The zero-order valence-corrected chi connectivity index (χ0v) is 10.9. The van der Waals surface area contributed by atoms with Gasteiger partial charge in [0.1, 0.15) is 5.51 Å². The minimum atomic E-state index is -0.358. The molecule has 17 heavy (non-hydrogen) atoms. The molecule has 0 atom stereocenters. The molecule has 0 aliphatic rings. The summed E-state index contributed by atoms with van der Waals surface area (Å²) in [6, 6.07) is 3.44. The molecule has 2 aromatic heterocycles. The van der Waals surface area contributed by atoms with Crippen molar-refractivity contribution in [2.75, 3.05) is 5.75 Å². The molecule has 0 aliphatic carbocycles. The number of carbonyl (C=O) groups excluding carboxylic acids is 2. The Labute approximate surface area is 109 Å². The number of hydrogen-bond donors (Lipinski definition) is 1. The van der Waals surface area contributed by atoms with E-state index in [9.17, 15) is 9.59 Å². The summed E-state index contributed by atoms with van der Waals surface area (Å²) in [5.41, 5.74) is 1.59. The fraction of sp³-hybridized carbons (Fsp3) is 0.111. The van der Waals surface area contributed by atoms with Crippen LogP contribution in [0.2, 0.25) is 0 Å². The van der Waals surface area contributed by atoms with Gasteiger partial charge in [-0.15, -0.1) is 21.5 Å². The van der Waals surface area contributed by atoms with Crippen LogP contribution in [-0.4, -0.2) is 27.8 Å². The lowest BCUT2D eigenvalue weighted by Gasteiger charge is -2.00. The maximum absolute atomic E-state index is 11.5. The first-order valence-corrected chi connectivity index (χ1v) is 7.27. The van der Waals surface area contributed by atoms with E-state index in [2.05, 4.69) is 15.5 Å². The molecule has 0 spiro atoms. The minimum absolute atomic E-state index is 0.159. The first kappa shape index (κ1) is 12.2. The van der Waals surface area contributed by atoms with Crippen molar-refractivity contribution in [3.05, 3.63) is 27.9 Å². The smallest absolute Gasteiger partial charge is 0.267 e. The number of carbonyl (C=O) groups is 2. The van der Waals surface area contributed by atoms with Gasteiger partial charge in [-0.1, -0.05) is 29.2 Å². The Morgan fingerprint density at radius 3 is 2.94 bits per heavy atom. The van der Waals surface area contributed by atoms with Crippen molar-refractivity contribution in [1.29, 1.82) is 0 Å². The summed E-state index contributed by atoms with van der Waals surface area (Å²) in [6.07, 6.45) is 0. The fourth-order valence-corrected chi connectivity index (χ4v) is 2.89. The highest BCUT2D eigenvalue weighted by Gasteiger charge is 2.11. The number of rotatable bonds is 4. The van der Waals surface area contributed by atoms with Crippen LogP contribution in [0.25, 0.3) is 0 Å². The molecule has 2 heterocycles. The van der Waals surface area contributed by atoms with Crippen LogP contribution in [0.3, 0.4) is 0 Å². The number of nitrogens with one attached hydrogen (secondary N) is 1. The largest absolute Gasteiger partial charge is 0.291 e. The first-order valence-electron chi connectivity index (χ1n) is 4.52.